The molecule has 0 N–H and O–H groups in total. The molecule has 1 aromatic heterocycles. The zero-order valence-corrected chi connectivity index (χ0v) is 15.3. The van der Waals surface area contributed by atoms with Crippen LogP contribution in [0.1, 0.15) is 22.6 Å². The van der Waals surface area contributed by atoms with Crippen molar-refractivity contribution in [2.75, 3.05) is 13.6 Å². The van der Waals surface area contributed by atoms with Crippen LogP contribution < -0.4 is 0 Å². The Morgan fingerprint density at radius 2 is 1.74 bits per heavy atom. The highest BCUT2D eigenvalue weighted by molar-refractivity contribution is 5.83. The molecule has 1 aliphatic rings. The van der Waals surface area contributed by atoms with E-state index in [9.17, 15) is 0 Å². The largest absolute Gasteiger partial charge is 0.301 e. The van der Waals surface area contributed by atoms with Crippen molar-refractivity contribution < 1.29 is 0 Å². The van der Waals surface area contributed by atoms with Crippen LogP contribution in [-0.2, 0) is 6.54 Å². The van der Waals surface area contributed by atoms with Crippen molar-refractivity contribution in [3.05, 3.63) is 95.8 Å². The number of rotatable bonds is 2. The lowest BCUT2D eigenvalue weighted by atomic mass is 9.83. The Bertz CT molecular complexity index is 1100. The van der Waals surface area contributed by atoms with Gasteiger partial charge in [0.15, 0.2) is 0 Å². The third kappa shape index (κ3) is 3.00. The van der Waals surface area contributed by atoms with Crippen LogP contribution in [0.25, 0.3) is 21.9 Å². The van der Waals surface area contributed by atoms with Crippen LogP contribution in [0.4, 0.5) is 0 Å². The van der Waals surface area contributed by atoms with Gasteiger partial charge in [0.05, 0.1) is 12.4 Å². The second-order valence-corrected chi connectivity index (χ2v) is 7.40. The fourth-order valence-electron chi connectivity index (χ4n) is 4.20. The summed E-state index contributed by atoms with van der Waals surface area (Å²) in [4.78, 5) is 2.41. The van der Waals surface area contributed by atoms with E-state index in [0.29, 0.717) is 5.92 Å². The normalized spacial score (nSPS) is 17.0. The molecule has 2 heterocycles. The van der Waals surface area contributed by atoms with E-state index in [4.69, 9.17) is 0 Å². The Morgan fingerprint density at radius 3 is 2.59 bits per heavy atom. The summed E-state index contributed by atoms with van der Waals surface area (Å²) in [5.74, 6) is 0.396. The minimum absolute atomic E-state index is 0.396. The number of benzene rings is 3. The van der Waals surface area contributed by atoms with Crippen molar-refractivity contribution in [2.24, 2.45) is 0 Å². The topological polar surface area (TPSA) is 29.0 Å². The third-order valence-electron chi connectivity index (χ3n) is 5.55. The molecule has 1 atom stereocenters. The molecule has 3 aromatic carbocycles. The Kier molecular flexibility index (Phi) is 3.95. The first-order valence-corrected chi connectivity index (χ1v) is 9.35. The minimum atomic E-state index is 0.396. The Hall–Kier alpha value is -3.04. The summed E-state index contributed by atoms with van der Waals surface area (Å²) in [5.41, 5.74) is 6.55. The molecule has 0 aliphatic carbocycles. The standard InChI is InChI=1S/C24H21N3/c1-27-15-22-13-19(21-10-11-25-26-14-21)8-9-23(22)24(16-27)20-7-6-17-4-2-3-5-18(17)12-20/h2-14,24H,15-16H2,1H3. The van der Waals surface area contributed by atoms with Crippen LogP contribution >= 0.6 is 0 Å². The molecule has 1 aliphatic heterocycles. The fraction of sp³-hybridized carbons (Fsp3) is 0.167. The Morgan fingerprint density at radius 1 is 0.852 bits per heavy atom. The second-order valence-electron chi connectivity index (χ2n) is 7.40. The summed E-state index contributed by atoms with van der Waals surface area (Å²) in [6, 6.07) is 24.3. The van der Waals surface area contributed by atoms with Crippen molar-refractivity contribution in [1.29, 1.82) is 0 Å². The van der Waals surface area contributed by atoms with Crippen molar-refractivity contribution in [3.8, 4) is 11.1 Å². The maximum absolute atomic E-state index is 4.02. The molecule has 4 aromatic rings. The van der Waals surface area contributed by atoms with Gasteiger partial charge in [-0.25, -0.2) is 0 Å². The predicted octanol–water partition coefficient (Wildman–Crippen LogP) is 4.87. The lowest BCUT2D eigenvalue weighted by Crippen LogP contribution is -2.31. The number of aromatic nitrogens is 2. The van der Waals surface area contributed by atoms with Crippen LogP contribution in [-0.4, -0.2) is 28.7 Å². The maximum Gasteiger partial charge on any atom is 0.0574 e. The van der Waals surface area contributed by atoms with Gasteiger partial charge >= 0.3 is 0 Å². The van der Waals surface area contributed by atoms with E-state index in [1.165, 1.54) is 33.0 Å². The smallest absolute Gasteiger partial charge is 0.0574 e. The number of likely N-dealkylation sites (N-methyl/N-ethyl adjacent to an activating group) is 1. The summed E-state index contributed by atoms with van der Waals surface area (Å²) in [6.07, 6.45) is 3.58. The highest BCUT2D eigenvalue weighted by atomic mass is 15.1. The number of fused-ring (bicyclic) bond motifs is 2. The van der Waals surface area contributed by atoms with Crippen molar-refractivity contribution in [1.82, 2.24) is 15.1 Å². The zero-order valence-electron chi connectivity index (χ0n) is 15.3. The van der Waals surface area contributed by atoms with Crippen LogP contribution in [0.5, 0.6) is 0 Å². The molecular formula is C24H21N3. The first kappa shape index (κ1) is 16.2. The summed E-state index contributed by atoms with van der Waals surface area (Å²) in [6.45, 7) is 2.02. The molecule has 0 radical (unpaired) electrons. The Labute approximate surface area is 159 Å². The van der Waals surface area contributed by atoms with E-state index in [-0.39, 0.29) is 0 Å². The van der Waals surface area contributed by atoms with Gasteiger partial charge in [0.25, 0.3) is 0 Å². The number of nitrogens with zero attached hydrogens (tertiary/aromatic N) is 3. The molecule has 1 unspecified atom stereocenters. The van der Waals surface area contributed by atoms with E-state index < -0.39 is 0 Å². The van der Waals surface area contributed by atoms with Crippen molar-refractivity contribution in [2.45, 2.75) is 12.5 Å². The molecule has 0 saturated heterocycles. The fourth-order valence-corrected chi connectivity index (χ4v) is 4.20. The summed E-state index contributed by atoms with van der Waals surface area (Å²) in [7, 11) is 2.21. The molecule has 3 nitrogen and oxygen atoms in total. The van der Waals surface area contributed by atoms with Crippen LogP contribution in [0.3, 0.4) is 0 Å². The van der Waals surface area contributed by atoms with Gasteiger partial charge in [0, 0.05) is 24.6 Å². The minimum Gasteiger partial charge on any atom is -0.301 e. The van der Waals surface area contributed by atoms with Gasteiger partial charge in [-0.1, -0.05) is 54.6 Å². The summed E-state index contributed by atoms with van der Waals surface area (Å²) >= 11 is 0. The van der Waals surface area contributed by atoms with Gasteiger partial charge in [-0.15, -0.1) is 0 Å². The predicted molar refractivity (Wildman–Crippen MR) is 110 cm³/mol. The molecule has 0 amide bonds. The van der Waals surface area contributed by atoms with E-state index in [2.05, 4.69) is 82.8 Å². The van der Waals surface area contributed by atoms with E-state index in [0.717, 1.165) is 18.7 Å². The second kappa shape index (κ2) is 6.60. The van der Waals surface area contributed by atoms with Gasteiger partial charge in [-0.3, -0.25) is 0 Å². The van der Waals surface area contributed by atoms with Gasteiger partial charge in [-0.2, -0.15) is 10.2 Å². The highest BCUT2D eigenvalue weighted by Crippen LogP contribution is 2.36. The first-order valence-electron chi connectivity index (χ1n) is 9.35. The molecule has 0 bridgehead atoms. The third-order valence-corrected chi connectivity index (χ3v) is 5.55. The average Bonchev–Trinajstić information content (AvgIpc) is 2.73. The van der Waals surface area contributed by atoms with Gasteiger partial charge in [0.1, 0.15) is 0 Å². The SMILES string of the molecule is CN1Cc2cc(-c3ccnnc3)ccc2C(c2ccc3ccccc3c2)C1. The summed E-state index contributed by atoms with van der Waals surface area (Å²) < 4.78 is 0. The Balaban J connectivity index is 1.59. The lowest BCUT2D eigenvalue weighted by Gasteiger charge is -2.33. The molecular weight excluding hydrogens is 330 g/mol. The van der Waals surface area contributed by atoms with Crippen LogP contribution in [0.2, 0.25) is 0 Å². The number of hydrogen-bond acceptors (Lipinski definition) is 3. The molecule has 0 saturated carbocycles. The monoisotopic (exact) mass is 351 g/mol. The van der Waals surface area contributed by atoms with Gasteiger partial charge < -0.3 is 4.90 Å². The molecule has 27 heavy (non-hydrogen) atoms. The summed E-state index contributed by atoms with van der Waals surface area (Å²) in [5, 5.41) is 10.5. The molecule has 0 spiro atoms. The molecule has 132 valence electrons. The van der Waals surface area contributed by atoms with Gasteiger partial charge in [-0.05, 0) is 52.2 Å². The molecule has 5 rings (SSSR count). The molecule has 0 fully saturated rings. The van der Waals surface area contributed by atoms with Crippen LogP contribution in [0.15, 0.2) is 79.1 Å². The average molecular weight is 351 g/mol. The van der Waals surface area contributed by atoms with E-state index in [1.807, 2.05) is 12.3 Å². The van der Waals surface area contributed by atoms with Crippen LogP contribution in [0, 0.1) is 0 Å². The van der Waals surface area contributed by atoms with E-state index >= 15 is 0 Å². The van der Waals surface area contributed by atoms with Crippen molar-refractivity contribution in [3.63, 3.8) is 0 Å². The molecule has 3 heteroatoms. The van der Waals surface area contributed by atoms with Gasteiger partial charge in [0.2, 0.25) is 0 Å². The quantitative estimate of drug-likeness (QED) is 0.516. The highest BCUT2D eigenvalue weighted by Gasteiger charge is 2.25. The van der Waals surface area contributed by atoms with E-state index in [1.54, 1.807) is 6.20 Å². The first-order chi connectivity index (χ1) is 13.3. The van der Waals surface area contributed by atoms with Crippen molar-refractivity contribution >= 4 is 10.8 Å². The zero-order chi connectivity index (χ0) is 18.2. The maximum atomic E-state index is 4.02. The number of hydrogen-bond donors (Lipinski definition) is 0. The lowest BCUT2D eigenvalue weighted by molar-refractivity contribution is 0.295.